The first-order valence-corrected chi connectivity index (χ1v) is 12.0. The van der Waals surface area contributed by atoms with Crippen LogP contribution in [0.4, 0.5) is 5.69 Å². The summed E-state index contributed by atoms with van der Waals surface area (Å²) in [6, 6.07) is 22.2. The first-order valence-electron chi connectivity index (χ1n) is 12.0. The van der Waals surface area contributed by atoms with E-state index in [0.717, 1.165) is 5.39 Å². The van der Waals surface area contributed by atoms with E-state index in [1.165, 1.54) is 4.90 Å². The highest BCUT2D eigenvalue weighted by molar-refractivity contribution is 6.24. The van der Waals surface area contributed by atoms with Crippen LogP contribution in [0.3, 0.4) is 0 Å². The number of benzene rings is 3. The van der Waals surface area contributed by atoms with Crippen molar-refractivity contribution in [3.8, 4) is 17.9 Å². The predicted molar refractivity (Wildman–Crippen MR) is 131 cm³/mol. The van der Waals surface area contributed by atoms with Crippen LogP contribution in [-0.4, -0.2) is 29.6 Å². The SMILES string of the molecule is CC12CCC(CCOc3ccc(C#N)cc3)(O1)C1C(=O)N(c3ccc4ccccc4c3C#N)C(=O)C12. The van der Waals surface area contributed by atoms with Crippen LogP contribution < -0.4 is 9.64 Å². The van der Waals surface area contributed by atoms with Crippen molar-refractivity contribution in [2.24, 2.45) is 11.8 Å². The summed E-state index contributed by atoms with van der Waals surface area (Å²) in [5.41, 5.74) is -0.310. The molecule has 0 aromatic heterocycles. The normalized spacial score (nSPS) is 28.2. The van der Waals surface area contributed by atoms with Gasteiger partial charge in [-0.1, -0.05) is 30.3 Å². The van der Waals surface area contributed by atoms with Gasteiger partial charge in [0.25, 0.3) is 0 Å². The number of nitrogens with zero attached hydrogens (tertiary/aromatic N) is 3. The van der Waals surface area contributed by atoms with Crippen molar-refractivity contribution in [2.45, 2.75) is 37.4 Å². The second-order valence-corrected chi connectivity index (χ2v) is 9.97. The van der Waals surface area contributed by atoms with Crippen molar-refractivity contribution in [1.29, 1.82) is 10.5 Å². The molecule has 2 bridgehead atoms. The van der Waals surface area contributed by atoms with Gasteiger partial charge < -0.3 is 9.47 Å². The van der Waals surface area contributed by atoms with Crippen molar-refractivity contribution < 1.29 is 19.1 Å². The van der Waals surface area contributed by atoms with Gasteiger partial charge in [0, 0.05) is 11.8 Å². The van der Waals surface area contributed by atoms with Gasteiger partial charge in [0.2, 0.25) is 11.8 Å². The Morgan fingerprint density at radius 3 is 2.47 bits per heavy atom. The molecule has 7 nitrogen and oxygen atoms in total. The number of hydrogen-bond acceptors (Lipinski definition) is 6. The lowest BCUT2D eigenvalue weighted by molar-refractivity contribution is -0.131. The number of carbonyl (C=O) groups is 2. The molecule has 3 aromatic rings. The third kappa shape index (κ3) is 3.07. The molecule has 4 unspecified atom stereocenters. The van der Waals surface area contributed by atoms with Crippen LogP contribution in [0.15, 0.2) is 60.7 Å². The molecule has 3 heterocycles. The number of hydrogen-bond donors (Lipinski definition) is 0. The fraction of sp³-hybridized carbons (Fsp3) is 0.310. The van der Waals surface area contributed by atoms with Gasteiger partial charge in [0.15, 0.2) is 0 Å². The zero-order valence-electron chi connectivity index (χ0n) is 19.7. The Morgan fingerprint density at radius 2 is 1.72 bits per heavy atom. The number of carbonyl (C=O) groups excluding carboxylic acids is 2. The molecule has 7 heteroatoms. The topological polar surface area (TPSA) is 103 Å². The quantitative estimate of drug-likeness (QED) is 0.502. The summed E-state index contributed by atoms with van der Waals surface area (Å²) in [5, 5.41) is 20.5. The van der Waals surface area contributed by atoms with Gasteiger partial charge >= 0.3 is 0 Å². The number of imide groups is 1. The van der Waals surface area contributed by atoms with Crippen molar-refractivity contribution in [1.82, 2.24) is 0 Å². The van der Waals surface area contributed by atoms with E-state index >= 15 is 0 Å². The van der Waals surface area contributed by atoms with E-state index in [2.05, 4.69) is 12.1 Å². The van der Waals surface area contributed by atoms with Crippen LogP contribution in [0.25, 0.3) is 10.8 Å². The molecule has 0 spiro atoms. The molecular weight excluding hydrogens is 454 g/mol. The summed E-state index contributed by atoms with van der Waals surface area (Å²) in [7, 11) is 0. The lowest BCUT2D eigenvalue weighted by Crippen LogP contribution is -2.43. The third-order valence-electron chi connectivity index (χ3n) is 8.05. The summed E-state index contributed by atoms with van der Waals surface area (Å²) >= 11 is 0. The maximum atomic E-state index is 13.9. The highest BCUT2D eigenvalue weighted by atomic mass is 16.5. The second-order valence-electron chi connectivity index (χ2n) is 9.97. The maximum absolute atomic E-state index is 13.9. The Hall–Kier alpha value is -4.20. The Kier molecular flexibility index (Phi) is 4.90. The van der Waals surface area contributed by atoms with Crippen LogP contribution in [-0.2, 0) is 14.3 Å². The van der Waals surface area contributed by atoms with Gasteiger partial charge in [-0.05, 0) is 55.5 Å². The van der Waals surface area contributed by atoms with Gasteiger partial charge in [-0.25, -0.2) is 4.90 Å². The molecular formula is C29H23N3O4. The fourth-order valence-corrected chi connectivity index (χ4v) is 6.38. The molecule has 0 radical (unpaired) electrons. The first kappa shape index (κ1) is 22.3. The van der Waals surface area contributed by atoms with E-state index in [0.29, 0.717) is 53.8 Å². The van der Waals surface area contributed by atoms with Gasteiger partial charge in [-0.2, -0.15) is 10.5 Å². The summed E-state index contributed by atoms with van der Waals surface area (Å²) < 4.78 is 12.4. The monoisotopic (exact) mass is 477 g/mol. The Bertz CT molecular complexity index is 1500. The third-order valence-corrected chi connectivity index (χ3v) is 8.05. The minimum Gasteiger partial charge on any atom is -0.493 e. The molecule has 0 saturated carbocycles. The summed E-state index contributed by atoms with van der Waals surface area (Å²) in [4.78, 5) is 28.9. The Morgan fingerprint density at radius 1 is 0.972 bits per heavy atom. The van der Waals surface area contributed by atoms with Crippen LogP contribution >= 0.6 is 0 Å². The van der Waals surface area contributed by atoms with E-state index in [9.17, 15) is 14.9 Å². The average Bonchev–Trinajstić information content (AvgIpc) is 3.48. The molecule has 4 atom stereocenters. The minimum atomic E-state index is -0.794. The van der Waals surface area contributed by atoms with Gasteiger partial charge in [0.1, 0.15) is 11.8 Å². The molecule has 2 amide bonds. The van der Waals surface area contributed by atoms with Crippen LogP contribution in [0, 0.1) is 34.5 Å². The van der Waals surface area contributed by atoms with E-state index in [-0.39, 0.29) is 11.8 Å². The molecule has 36 heavy (non-hydrogen) atoms. The molecule has 3 aliphatic rings. The first-order chi connectivity index (χ1) is 17.4. The van der Waals surface area contributed by atoms with Gasteiger partial charge in [-0.15, -0.1) is 0 Å². The Balaban J connectivity index is 1.31. The lowest BCUT2D eigenvalue weighted by atomic mass is 9.67. The largest absolute Gasteiger partial charge is 0.493 e. The maximum Gasteiger partial charge on any atom is 0.240 e. The lowest BCUT2D eigenvalue weighted by Gasteiger charge is -2.31. The van der Waals surface area contributed by atoms with Crippen molar-refractivity contribution in [3.63, 3.8) is 0 Å². The zero-order chi connectivity index (χ0) is 25.1. The molecule has 3 saturated heterocycles. The summed E-state index contributed by atoms with van der Waals surface area (Å²) in [5.74, 6) is -1.18. The van der Waals surface area contributed by atoms with Crippen molar-refractivity contribution in [3.05, 3.63) is 71.8 Å². The molecule has 6 rings (SSSR count). The molecule has 178 valence electrons. The van der Waals surface area contributed by atoms with Gasteiger partial charge in [-0.3, -0.25) is 9.59 Å². The standard InChI is InChI=1S/C29H23N3O4/c1-28-12-13-29(36-28,14-15-35-20-9-6-18(16-30)7-10-20)25-24(28)26(33)32(27(25)34)23-11-8-19-4-2-3-5-21(19)22(23)17-31/h2-11,24-25H,12-15H2,1H3. The van der Waals surface area contributed by atoms with Crippen molar-refractivity contribution >= 4 is 28.3 Å². The number of nitriles is 2. The Labute approximate surface area is 208 Å². The molecule has 0 N–H and O–H groups in total. The van der Waals surface area contributed by atoms with E-state index in [1.54, 1.807) is 30.3 Å². The zero-order valence-corrected chi connectivity index (χ0v) is 19.7. The molecule has 3 aliphatic heterocycles. The number of rotatable bonds is 5. The highest BCUT2D eigenvalue weighted by Gasteiger charge is 2.74. The predicted octanol–water partition coefficient (Wildman–Crippen LogP) is 4.48. The molecule has 3 aromatic carbocycles. The number of ether oxygens (including phenoxy) is 2. The molecule has 0 aliphatic carbocycles. The number of anilines is 1. The van der Waals surface area contributed by atoms with Crippen LogP contribution in [0.5, 0.6) is 5.75 Å². The van der Waals surface area contributed by atoms with Crippen LogP contribution in [0.1, 0.15) is 37.3 Å². The van der Waals surface area contributed by atoms with E-state index in [1.807, 2.05) is 37.3 Å². The summed E-state index contributed by atoms with van der Waals surface area (Å²) in [6.45, 7) is 2.23. The average molecular weight is 478 g/mol. The smallest absolute Gasteiger partial charge is 0.240 e. The van der Waals surface area contributed by atoms with E-state index in [4.69, 9.17) is 14.7 Å². The fourth-order valence-electron chi connectivity index (χ4n) is 6.38. The number of amides is 2. The molecule has 3 fully saturated rings. The highest BCUT2D eigenvalue weighted by Crippen LogP contribution is 2.62. The minimum absolute atomic E-state index is 0.297. The van der Waals surface area contributed by atoms with Gasteiger partial charge in [0.05, 0.1) is 52.5 Å². The number of fused-ring (bicyclic) bond motifs is 6. The second kappa shape index (κ2) is 7.91. The van der Waals surface area contributed by atoms with E-state index < -0.39 is 23.0 Å². The van der Waals surface area contributed by atoms with Crippen molar-refractivity contribution in [2.75, 3.05) is 11.5 Å². The van der Waals surface area contributed by atoms with Crippen LogP contribution in [0.2, 0.25) is 0 Å². The summed E-state index contributed by atoms with van der Waals surface area (Å²) in [6.07, 6.45) is 1.80.